The van der Waals surface area contributed by atoms with Crippen molar-refractivity contribution >= 4 is 5.78 Å². The third-order valence-electron chi connectivity index (χ3n) is 2.06. The van der Waals surface area contributed by atoms with Gasteiger partial charge in [-0.3, -0.25) is 4.79 Å². The predicted octanol–water partition coefficient (Wildman–Crippen LogP) is 2.09. The van der Waals surface area contributed by atoms with E-state index >= 15 is 0 Å². The molecule has 0 amide bonds. The van der Waals surface area contributed by atoms with Crippen molar-refractivity contribution < 1.29 is 14.3 Å². The number of carbonyl (C=O) groups is 1. The number of hydrogen-bond acceptors (Lipinski definition) is 2. The minimum Gasteiger partial charge on any atom is -0.396 e. The van der Waals surface area contributed by atoms with Gasteiger partial charge in [0.05, 0.1) is 0 Å². The Morgan fingerprint density at radius 2 is 2.21 bits per heavy atom. The Balaban J connectivity index is 2.76. The zero-order chi connectivity index (χ0) is 10.6. The van der Waals surface area contributed by atoms with Crippen LogP contribution in [0.2, 0.25) is 0 Å². The monoisotopic (exact) mass is 196 g/mol. The molecule has 1 rings (SSSR count). The molecule has 0 aromatic heterocycles. The first-order valence-electron chi connectivity index (χ1n) is 4.55. The first-order chi connectivity index (χ1) is 6.65. The van der Waals surface area contributed by atoms with Gasteiger partial charge in [-0.1, -0.05) is 12.1 Å². The quantitative estimate of drug-likeness (QED) is 0.749. The van der Waals surface area contributed by atoms with Crippen LogP contribution >= 0.6 is 0 Å². The number of benzene rings is 1. The summed E-state index contributed by atoms with van der Waals surface area (Å²) < 4.78 is 13.1. The minimum atomic E-state index is -0.361. The molecule has 3 heteroatoms. The Morgan fingerprint density at radius 1 is 1.50 bits per heavy atom. The zero-order valence-electron chi connectivity index (χ0n) is 8.09. The fraction of sp³-hybridized carbons (Fsp3) is 0.364. The van der Waals surface area contributed by atoms with E-state index in [0.29, 0.717) is 17.5 Å². The van der Waals surface area contributed by atoms with E-state index in [0.717, 1.165) is 0 Å². The maximum absolute atomic E-state index is 13.1. The van der Waals surface area contributed by atoms with Crippen molar-refractivity contribution in [3.63, 3.8) is 0 Å². The SMILES string of the molecule is Cc1ccc(C(=O)CCCO)cc1F. The van der Waals surface area contributed by atoms with Gasteiger partial charge in [0.15, 0.2) is 5.78 Å². The molecule has 0 radical (unpaired) electrons. The number of halogens is 1. The van der Waals surface area contributed by atoms with Gasteiger partial charge in [-0.25, -0.2) is 4.39 Å². The Hall–Kier alpha value is -1.22. The molecule has 2 nitrogen and oxygen atoms in total. The molecule has 14 heavy (non-hydrogen) atoms. The Labute approximate surface area is 82.4 Å². The number of carbonyl (C=O) groups excluding carboxylic acids is 1. The fourth-order valence-corrected chi connectivity index (χ4v) is 1.15. The molecular weight excluding hydrogens is 183 g/mol. The minimum absolute atomic E-state index is 0.0138. The van der Waals surface area contributed by atoms with Crippen LogP contribution in [0.25, 0.3) is 0 Å². The molecule has 76 valence electrons. The van der Waals surface area contributed by atoms with Gasteiger partial charge in [0.1, 0.15) is 5.82 Å². The van der Waals surface area contributed by atoms with Crippen LogP contribution in [0, 0.1) is 12.7 Å². The number of aliphatic hydroxyl groups excluding tert-OH is 1. The summed E-state index contributed by atoms with van der Waals surface area (Å²) in [7, 11) is 0. The largest absolute Gasteiger partial charge is 0.396 e. The smallest absolute Gasteiger partial charge is 0.163 e. The first kappa shape index (κ1) is 10.9. The highest BCUT2D eigenvalue weighted by molar-refractivity contribution is 5.96. The third kappa shape index (κ3) is 2.64. The molecule has 0 aliphatic carbocycles. The fourth-order valence-electron chi connectivity index (χ4n) is 1.15. The molecule has 1 N–H and O–H groups in total. The van der Waals surface area contributed by atoms with Gasteiger partial charge in [-0.15, -0.1) is 0 Å². The van der Waals surface area contributed by atoms with Crippen molar-refractivity contribution in [2.75, 3.05) is 6.61 Å². The molecule has 0 heterocycles. The van der Waals surface area contributed by atoms with Crippen molar-refractivity contribution in [1.82, 2.24) is 0 Å². The average Bonchev–Trinajstić information content (AvgIpc) is 2.18. The number of Topliss-reactive ketones (excluding diaryl/α,β-unsaturated/α-hetero) is 1. The highest BCUT2D eigenvalue weighted by Gasteiger charge is 2.07. The van der Waals surface area contributed by atoms with Gasteiger partial charge in [-0.2, -0.15) is 0 Å². The molecule has 1 aromatic rings. The molecular formula is C11H13FO2. The van der Waals surface area contributed by atoms with Crippen molar-refractivity contribution in [1.29, 1.82) is 0 Å². The van der Waals surface area contributed by atoms with E-state index < -0.39 is 0 Å². The lowest BCUT2D eigenvalue weighted by molar-refractivity contribution is 0.0971. The van der Waals surface area contributed by atoms with E-state index in [4.69, 9.17) is 5.11 Å². The van der Waals surface area contributed by atoms with Crippen LogP contribution in [0.4, 0.5) is 4.39 Å². The number of ketones is 1. The lowest BCUT2D eigenvalue weighted by Gasteiger charge is -2.01. The van der Waals surface area contributed by atoms with Crippen molar-refractivity contribution in [2.24, 2.45) is 0 Å². The molecule has 0 unspecified atom stereocenters. The number of hydrogen-bond donors (Lipinski definition) is 1. The normalized spacial score (nSPS) is 10.2. The zero-order valence-corrected chi connectivity index (χ0v) is 8.09. The molecule has 0 saturated carbocycles. The van der Waals surface area contributed by atoms with E-state index in [2.05, 4.69) is 0 Å². The van der Waals surface area contributed by atoms with E-state index in [1.165, 1.54) is 6.07 Å². The Kier molecular flexibility index (Phi) is 3.77. The van der Waals surface area contributed by atoms with E-state index in [-0.39, 0.29) is 24.6 Å². The van der Waals surface area contributed by atoms with Crippen LogP contribution in [-0.4, -0.2) is 17.5 Å². The van der Waals surface area contributed by atoms with Gasteiger partial charge in [0.25, 0.3) is 0 Å². The van der Waals surface area contributed by atoms with Gasteiger partial charge in [-0.05, 0) is 25.0 Å². The standard InChI is InChI=1S/C11H13FO2/c1-8-4-5-9(7-10(8)12)11(14)3-2-6-13/h4-5,7,13H,2-3,6H2,1H3. The number of aliphatic hydroxyl groups is 1. The summed E-state index contributed by atoms with van der Waals surface area (Å²) in [6.45, 7) is 1.64. The summed E-state index contributed by atoms with van der Waals surface area (Å²) in [6, 6.07) is 4.44. The molecule has 0 saturated heterocycles. The number of rotatable bonds is 4. The van der Waals surface area contributed by atoms with E-state index in [1.807, 2.05) is 0 Å². The molecule has 0 bridgehead atoms. The second-order valence-corrected chi connectivity index (χ2v) is 3.21. The number of aryl methyl sites for hydroxylation is 1. The van der Waals surface area contributed by atoms with Crippen LogP contribution in [0.1, 0.15) is 28.8 Å². The molecule has 0 aliphatic rings. The molecule has 0 spiro atoms. The van der Waals surface area contributed by atoms with E-state index in [9.17, 15) is 9.18 Å². The molecule has 0 atom stereocenters. The van der Waals surface area contributed by atoms with Crippen LogP contribution in [0.15, 0.2) is 18.2 Å². The lowest BCUT2D eigenvalue weighted by atomic mass is 10.0. The van der Waals surface area contributed by atoms with Gasteiger partial charge < -0.3 is 5.11 Å². The Morgan fingerprint density at radius 3 is 2.79 bits per heavy atom. The molecule has 1 aromatic carbocycles. The first-order valence-corrected chi connectivity index (χ1v) is 4.55. The van der Waals surface area contributed by atoms with Crippen molar-refractivity contribution in [3.05, 3.63) is 35.1 Å². The summed E-state index contributed by atoms with van der Waals surface area (Å²) in [4.78, 5) is 11.4. The van der Waals surface area contributed by atoms with Crippen LogP contribution in [0.5, 0.6) is 0 Å². The van der Waals surface area contributed by atoms with Crippen LogP contribution in [-0.2, 0) is 0 Å². The van der Waals surface area contributed by atoms with Crippen LogP contribution < -0.4 is 0 Å². The summed E-state index contributed by atoms with van der Waals surface area (Å²) in [6.07, 6.45) is 0.688. The summed E-state index contributed by atoms with van der Waals surface area (Å²) >= 11 is 0. The highest BCUT2D eigenvalue weighted by atomic mass is 19.1. The molecule has 0 fully saturated rings. The predicted molar refractivity (Wildman–Crippen MR) is 51.8 cm³/mol. The lowest BCUT2D eigenvalue weighted by Crippen LogP contribution is -2.01. The highest BCUT2D eigenvalue weighted by Crippen LogP contribution is 2.11. The van der Waals surface area contributed by atoms with Crippen molar-refractivity contribution in [2.45, 2.75) is 19.8 Å². The van der Waals surface area contributed by atoms with Crippen molar-refractivity contribution in [3.8, 4) is 0 Å². The summed E-state index contributed by atoms with van der Waals surface area (Å²) in [5.74, 6) is -0.488. The summed E-state index contributed by atoms with van der Waals surface area (Å²) in [5, 5.41) is 8.53. The average molecular weight is 196 g/mol. The van der Waals surface area contributed by atoms with Gasteiger partial charge in [0, 0.05) is 18.6 Å². The maximum Gasteiger partial charge on any atom is 0.163 e. The second kappa shape index (κ2) is 4.86. The molecule has 0 aliphatic heterocycles. The topological polar surface area (TPSA) is 37.3 Å². The Bertz CT molecular complexity index is 334. The maximum atomic E-state index is 13.1. The second-order valence-electron chi connectivity index (χ2n) is 3.21. The summed E-state index contributed by atoms with van der Waals surface area (Å²) in [5.41, 5.74) is 0.908. The van der Waals surface area contributed by atoms with Crippen LogP contribution in [0.3, 0.4) is 0 Å². The van der Waals surface area contributed by atoms with E-state index in [1.54, 1.807) is 19.1 Å². The van der Waals surface area contributed by atoms with Gasteiger partial charge >= 0.3 is 0 Å². The third-order valence-corrected chi connectivity index (χ3v) is 2.06. The van der Waals surface area contributed by atoms with Gasteiger partial charge in [0.2, 0.25) is 0 Å².